The molecule has 0 aliphatic rings. The minimum Gasteiger partial charge on any atom is -0.497 e. The summed E-state index contributed by atoms with van der Waals surface area (Å²) in [5.74, 6) is 1.66. The van der Waals surface area contributed by atoms with E-state index in [1.807, 2.05) is 80.2 Å². The van der Waals surface area contributed by atoms with Gasteiger partial charge in [-0.1, -0.05) is 18.2 Å². The van der Waals surface area contributed by atoms with E-state index in [9.17, 15) is 4.79 Å². The number of carbonyl (C=O) groups is 1. The number of amides is 1. The third-order valence-electron chi connectivity index (χ3n) is 5.13. The highest BCUT2D eigenvalue weighted by molar-refractivity contribution is 5.75. The van der Waals surface area contributed by atoms with Gasteiger partial charge >= 0.3 is 0 Å². The first-order chi connectivity index (χ1) is 14.5. The van der Waals surface area contributed by atoms with Crippen molar-refractivity contribution in [3.8, 4) is 17.2 Å². The molecule has 0 aliphatic carbocycles. The van der Waals surface area contributed by atoms with Crippen LogP contribution in [-0.2, 0) is 11.3 Å². The summed E-state index contributed by atoms with van der Waals surface area (Å²) >= 11 is 0. The maximum absolute atomic E-state index is 12.6. The Labute approximate surface area is 178 Å². The van der Waals surface area contributed by atoms with Gasteiger partial charge < -0.3 is 14.4 Å². The average molecular weight is 408 g/mol. The van der Waals surface area contributed by atoms with Gasteiger partial charge in [0, 0.05) is 31.3 Å². The molecule has 1 amide bonds. The zero-order valence-electron chi connectivity index (χ0n) is 18.1. The SMILES string of the molecule is COc1ccc(OCCCC(=O)N(C)Cc2c(C)nn(-c3ccccc3)c2C)cc1. The van der Waals surface area contributed by atoms with Crippen molar-refractivity contribution in [3.63, 3.8) is 0 Å². The number of nitrogens with zero attached hydrogens (tertiary/aromatic N) is 3. The van der Waals surface area contributed by atoms with Crippen LogP contribution in [0.2, 0.25) is 0 Å². The number of hydrogen-bond acceptors (Lipinski definition) is 4. The Kier molecular flexibility index (Phi) is 7.12. The molecule has 3 aromatic rings. The molecule has 158 valence electrons. The number of aromatic nitrogens is 2. The second-order valence-electron chi connectivity index (χ2n) is 7.27. The van der Waals surface area contributed by atoms with Gasteiger partial charge in [-0.05, 0) is 56.7 Å². The van der Waals surface area contributed by atoms with Crippen LogP contribution >= 0.6 is 0 Å². The number of para-hydroxylation sites is 1. The molecule has 0 bridgehead atoms. The Morgan fingerprint density at radius 2 is 1.70 bits per heavy atom. The standard InChI is InChI=1S/C24H29N3O3/c1-18-23(19(2)27(25-18)20-9-6-5-7-10-20)17-26(3)24(28)11-8-16-30-22-14-12-21(29-4)13-15-22/h5-7,9-10,12-15H,8,11,16-17H2,1-4H3. The average Bonchev–Trinajstić information content (AvgIpc) is 3.05. The quantitative estimate of drug-likeness (QED) is 0.496. The summed E-state index contributed by atoms with van der Waals surface area (Å²) < 4.78 is 12.8. The second kappa shape index (κ2) is 9.96. The normalized spacial score (nSPS) is 10.7. The Morgan fingerprint density at radius 3 is 2.37 bits per heavy atom. The van der Waals surface area contributed by atoms with E-state index < -0.39 is 0 Å². The Balaban J connectivity index is 1.51. The zero-order chi connectivity index (χ0) is 21.5. The van der Waals surface area contributed by atoms with Crippen LogP contribution in [0.15, 0.2) is 54.6 Å². The van der Waals surface area contributed by atoms with E-state index >= 15 is 0 Å². The van der Waals surface area contributed by atoms with E-state index in [2.05, 4.69) is 5.10 Å². The lowest BCUT2D eigenvalue weighted by Gasteiger charge is -2.18. The van der Waals surface area contributed by atoms with Gasteiger partial charge in [0.25, 0.3) is 0 Å². The van der Waals surface area contributed by atoms with Gasteiger partial charge in [-0.15, -0.1) is 0 Å². The van der Waals surface area contributed by atoms with Crippen LogP contribution in [0.3, 0.4) is 0 Å². The Bertz CT molecular complexity index is 965. The summed E-state index contributed by atoms with van der Waals surface area (Å²) in [6.07, 6.45) is 1.11. The molecule has 6 nitrogen and oxygen atoms in total. The van der Waals surface area contributed by atoms with Crippen molar-refractivity contribution >= 4 is 5.91 Å². The predicted molar refractivity (Wildman–Crippen MR) is 117 cm³/mol. The number of methoxy groups -OCH3 is 1. The monoisotopic (exact) mass is 407 g/mol. The van der Waals surface area contributed by atoms with Crippen molar-refractivity contribution < 1.29 is 14.3 Å². The minimum absolute atomic E-state index is 0.0968. The number of rotatable bonds is 9. The van der Waals surface area contributed by atoms with Crippen LogP contribution in [0.5, 0.6) is 11.5 Å². The van der Waals surface area contributed by atoms with Crippen LogP contribution in [0, 0.1) is 13.8 Å². The highest BCUT2D eigenvalue weighted by Crippen LogP contribution is 2.20. The van der Waals surface area contributed by atoms with Crippen molar-refractivity contribution in [2.75, 3.05) is 20.8 Å². The van der Waals surface area contributed by atoms with Gasteiger partial charge in [0.05, 0.1) is 25.1 Å². The second-order valence-corrected chi connectivity index (χ2v) is 7.27. The molecule has 0 N–H and O–H groups in total. The molecule has 0 saturated heterocycles. The van der Waals surface area contributed by atoms with Gasteiger partial charge in [-0.2, -0.15) is 5.10 Å². The fourth-order valence-electron chi connectivity index (χ4n) is 3.33. The van der Waals surface area contributed by atoms with Crippen LogP contribution in [0.4, 0.5) is 0 Å². The van der Waals surface area contributed by atoms with E-state index in [1.165, 1.54) is 0 Å². The number of carbonyl (C=O) groups excluding carboxylic acids is 1. The van der Waals surface area contributed by atoms with E-state index in [4.69, 9.17) is 9.47 Å². The van der Waals surface area contributed by atoms with Crippen molar-refractivity contribution in [1.29, 1.82) is 0 Å². The first-order valence-electron chi connectivity index (χ1n) is 10.1. The molecule has 0 spiro atoms. The van der Waals surface area contributed by atoms with Crippen LogP contribution in [0.1, 0.15) is 29.8 Å². The maximum Gasteiger partial charge on any atom is 0.222 e. The van der Waals surface area contributed by atoms with Gasteiger partial charge in [-0.25, -0.2) is 4.68 Å². The summed E-state index contributed by atoms with van der Waals surface area (Å²) in [5.41, 5.74) is 4.11. The third-order valence-corrected chi connectivity index (χ3v) is 5.13. The summed E-state index contributed by atoms with van der Waals surface area (Å²) in [5, 5.41) is 4.66. The molecule has 0 saturated carbocycles. The molecule has 1 aromatic heterocycles. The van der Waals surface area contributed by atoms with Crippen LogP contribution < -0.4 is 9.47 Å². The number of ether oxygens (including phenoxy) is 2. The fraction of sp³-hybridized carbons (Fsp3) is 0.333. The lowest BCUT2D eigenvalue weighted by molar-refractivity contribution is -0.130. The number of hydrogen-bond donors (Lipinski definition) is 0. The summed E-state index contributed by atoms with van der Waals surface area (Å²) in [6.45, 7) is 5.07. The molecule has 0 aliphatic heterocycles. The molecule has 0 unspecified atom stereocenters. The van der Waals surface area contributed by atoms with Crippen molar-refractivity contribution in [3.05, 3.63) is 71.5 Å². The number of aryl methyl sites for hydroxylation is 1. The van der Waals surface area contributed by atoms with Gasteiger partial charge in [-0.3, -0.25) is 4.79 Å². The highest BCUT2D eigenvalue weighted by Gasteiger charge is 2.17. The molecule has 0 radical (unpaired) electrons. The summed E-state index contributed by atoms with van der Waals surface area (Å²) in [6, 6.07) is 17.5. The van der Waals surface area contributed by atoms with E-state index in [1.54, 1.807) is 12.0 Å². The highest BCUT2D eigenvalue weighted by atomic mass is 16.5. The van der Waals surface area contributed by atoms with Crippen molar-refractivity contribution in [2.24, 2.45) is 0 Å². The predicted octanol–water partition coefficient (Wildman–Crippen LogP) is 4.32. The zero-order valence-corrected chi connectivity index (χ0v) is 18.1. The Hall–Kier alpha value is -3.28. The number of benzene rings is 2. The smallest absolute Gasteiger partial charge is 0.222 e. The van der Waals surface area contributed by atoms with Crippen LogP contribution in [-0.4, -0.2) is 41.4 Å². The third kappa shape index (κ3) is 5.20. The lowest BCUT2D eigenvalue weighted by atomic mass is 10.1. The van der Waals surface area contributed by atoms with E-state index in [-0.39, 0.29) is 5.91 Å². The van der Waals surface area contributed by atoms with Crippen molar-refractivity contribution in [2.45, 2.75) is 33.2 Å². The molecule has 6 heteroatoms. The maximum atomic E-state index is 12.6. The molecule has 1 heterocycles. The molecule has 30 heavy (non-hydrogen) atoms. The molecule has 0 fully saturated rings. The van der Waals surface area contributed by atoms with E-state index in [0.29, 0.717) is 26.0 Å². The fourth-order valence-corrected chi connectivity index (χ4v) is 3.33. The first kappa shape index (κ1) is 21.4. The van der Waals surface area contributed by atoms with Gasteiger partial charge in [0.2, 0.25) is 5.91 Å². The molecule has 2 aromatic carbocycles. The lowest BCUT2D eigenvalue weighted by Crippen LogP contribution is -2.26. The van der Waals surface area contributed by atoms with Gasteiger partial charge in [0.1, 0.15) is 11.5 Å². The molecular weight excluding hydrogens is 378 g/mol. The van der Waals surface area contributed by atoms with Gasteiger partial charge in [0.15, 0.2) is 0 Å². The van der Waals surface area contributed by atoms with Crippen LogP contribution in [0.25, 0.3) is 5.69 Å². The Morgan fingerprint density at radius 1 is 1.03 bits per heavy atom. The summed E-state index contributed by atoms with van der Waals surface area (Å²) in [4.78, 5) is 14.3. The summed E-state index contributed by atoms with van der Waals surface area (Å²) in [7, 11) is 3.47. The largest absolute Gasteiger partial charge is 0.497 e. The molecule has 0 atom stereocenters. The van der Waals surface area contributed by atoms with Crippen molar-refractivity contribution in [1.82, 2.24) is 14.7 Å². The van der Waals surface area contributed by atoms with E-state index in [0.717, 1.165) is 34.1 Å². The molecular formula is C24H29N3O3. The first-order valence-corrected chi connectivity index (χ1v) is 10.1. The minimum atomic E-state index is 0.0968. The molecule has 3 rings (SSSR count). The topological polar surface area (TPSA) is 56.6 Å².